The molecule has 1 aromatic carbocycles. The van der Waals surface area contributed by atoms with Crippen molar-refractivity contribution in [3.05, 3.63) is 46.3 Å². The molecule has 1 amide bonds. The minimum atomic E-state index is -0.570. The van der Waals surface area contributed by atoms with Gasteiger partial charge in [0.25, 0.3) is 5.91 Å². The van der Waals surface area contributed by atoms with Crippen molar-refractivity contribution >= 4 is 16.9 Å². The summed E-state index contributed by atoms with van der Waals surface area (Å²) >= 11 is 0. The molecule has 5 nitrogen and oxygen atoms in total. The van der Waals surface area contributed by atoms with E-state index in [9.17, 15) is 9.59 Å². The van der Waals surface area contributed by atoms with Crippen LogP contribution in [0.4, 0.5) is 0 Å². The highest BCUT2D eigenvalue weighted by atomic mass is 16.4. The fraction of sp³-hybridized carbons (Fsp3) is 0.333. The minimum absolute atomic E-state index is 0.109. The van der Waals surface area contributed by atoms with Gasteiger partial charge in [0, 0.05) is 31.1 Å². The van der Waals surface area contributed by atoms with Crippen molar-refractivity contribution in [2.24, 2.45) is 0 Å². The molecule has 104 valence electrons. The molecule has 1 aliphatic rings. The second kappa shape index (κ2) is 5.09. The largest absolute Gasteiger partial charge is 0.422 e. The zero-order valence-electron chi connectivity index (χ0n) is 11.3. The molecule has 1 N–H and O–H groups in total. The Hall–Kier alpha value is -2.14. The van der Waals surface area contributed by atoms with E-state index in [1.54, 1.807) is 23.1 Å². The first-order valence-electron chi connectivity index (χ1n) is 6.71. The molecule has 0 unspecified atom stereocenters. The molecular weight excluding hydrogens is 256 g/mol. The van der Waals surface area contributed by atoms with Gasteiger partial charge < -0.3 is 14.6 Å². The summed E-state index contributed by atoms with van der Waals surface area (Å²) < 4.78 is 5.21. The lowest BCUT2D eigenvalue weighted by molar-refractivity contribution is 0.0705. The summed E-state index contributed by atoms with van der Waals surface area (Å²) in [6, 6.07) is 9.05. The van der Waals surface area contributed by atoms with Crippen LogP contribution >= 0.6 is 0 Å². The van der Waals surface area contributed by atoms with Gasteiger partial charge >= 0.3 is 5.63 Å². The average Bonchev–Trinajstić information content (AvgIpc) is 2.46. The maximum absolute atomic E-state index is 12.4. The van der Waals surface area contributed by atoms with E-state index in [1.165, 1.54) is 0 Å². The average molecular weight is 272 g/mol. The number of piperazine rings is 1. The van der Waals surface area contributed by atoms with Crippen LogP contribution in [0.25, 0.3) is 11.0 Å². The van der Waals surface area contributed by atoms with E-state index in [1.807, 2.05) is 19.1 Å². The molecule has 2 heterocycles. The first-order chi connectivity index (χ1) is 9.65. The quantitative estimate of drug-likeness (QED) is 0.793. The molecule has 1 aromatic heterocycles. The number of amides is 1. The summed E-state index contributed by atoms with van der Waals surface area (Å²) in [5.74, 6) is -0.252. The van der Waals surface area contributed by atoms with Crippen molar-refractivity contribution < 1.29 is 9.21 Å². The summed E-state index contributed by atoms with van der Waals surface area (Å²) in [5, 5.41) is 4.03. The Morgan fingerprint density at radius 2 is 2.20 bits per heavy atom. The van der Waals surface area contributed by atoms with Gasteiger partial charge in [0.05, 0.1) is 0 Å². The molecule has 0 spiro atoms. The summed E-state index contributed by atoms with van der Waals surface area (Å²) in [7, 11) is 0. The van der Waals surface area contributed by atoms with Gasteiger partial charge in [-0.25, -0.2) is 4.79 Å². The van der Waals surface area contributed by atoms with Crippen molar-refractivity contribution in [1.29, 1.82) is 0 Å². The van der Waals surface area contributed by atoms with Crippen LogP contribution in [0.3, 0.4) is 0 Å². The standard InChI is InChI=1S/C15H16N2O3/c1-10-9-17(7-6-16-10)14(18)12-8-11-4-2-3-5-13(11)20-15(12)19/h2-5,8,10,16H,6-7,9H2,1H3/t10-/m0/s1. The lowest BCUT2D eigenvalue weighted by Gasteiger charge is -2.31. The third kappa shape index (κ3) is 2.32. The zero-order chi connectivity index (χ0) is 14.1. The van der Waals surface area contributed by atoms with Crippen LogP contribution in [-0.4, -0.2) is 36.5 Å². The Kier molecular flexibility index (Phi) is 3.28. The zero-order valence-corrected chi connectivity index (χ0v) is 11.3. The van der Waals surface area contributed by atoms with Crippen LogP contribution < -0.4 is 10.9 Å². The van der Waals surface area contributed by atoms with E-state index in [0.717, 1.165) is 11.9 Å². The maximum Gasteiger partial charge on any atom is 0.349 e. The Morgan fingerprint density at radius 3 is 3.00 bits per heavy atom. The smallest absolute Gasteiger partial charge is 0.349 e. The number of rotatable bonds is 1. The second-order valence-corrected chi connectivity index (χ2v) is 5.09. The van der Waals surface area contributed by atoms with Gasteiger partial charge in [0.1, 0.15) is 11.1 Å². The normalized spacial score (nSPS) is 19.2. The highest BCUT2D eigenvalue weighted by Crippen LogP contribution is 2.14. The van der Waals surface area contributed by atoms with E-state index in [2.05, 4.69) is 5.32 Å². The molecule has 0 aliphatic carbocycles. The maximum atomic E-state index is 12.4. The lowest BCUT2D eigenvalue weighted by Crippen LogP contribution is -2.51. The molecule has 20 heavy (non-hydrogen) atoms. The molecule has 1 fully saturated rings. The van der Waals surface area contributed by atoms with Crippen molar-refractivity contribution in [3.63, 3.8) is 0 Å². The van der Waals surface area contributed by atoms with Gasteiger partial charge in [-0.15, -0.1) is 0 Å². The third-order valence-electron chi connectivity index (χ3n) is 3.53. The van der Waals surface area contributed by atoms with E-state index in [4.69, 9.17) is 4.42 Å². The minimum Gasteiger partial charge on any atom is -0.422 e. The number of nitrogens with one attached hydrogen (secondary N) is 1. The monoisotopic (exact) mass is 272 g/mol. The summed E-state index contributed by atoms with van der Waals surface area (Å²) in [6.07, 6.45) is 0. The lowest BCUT2D eigenvalue weighted by atomic mass is 10.1. The van der Waals surface area contributed by atoms with E-state index >= 15 is 0 Å². The summed E-state index contributed by atoms with van der Waals surface area (Å²) in [4.78, 5) is 26.1. The number of hydrogen-bond donors (Lipinski definition) is 1. The SMILES string of the molecule is C[C@H]1CN(C(=O)c2cc3ccccc3oc2=O)CCN1. The molecule has 1 saturated heterocycles. The predicted molar refractivity (Wildman–Crippen MR) is 75.9 cm³/mol. The van der Waals surface area contributed by atoms with Crippen LogP contribution in [0.5, 0.6) is 0 Å². The van der Waals surface area contributed by atoms with Gasteiger partial charge in [-0.05, 0) is 19.1 Å². The summed E-state index contributed by atoms with van der Waals surface area (Å²) in [6.45, 7) is 3.97. The first kappa shape index (κ1) is 12.9. The van der Waals surface area contributed by atoms with Gasteiger partial charge in [-0.2, -0.15) is 0 Å². The van der Waals surface area contributed by atoms with Gasteiger partial charge in [0.2, 0.25) is 0 Å². The number of fused-ring (bicyclic) bond motifs is 1. The fourth-order valence-corrected chi connectivity index (χ4v) is 2.50. The second-order valence-electron chi connectivity index (χ2n) is 5.09. The van der Waals surface area contributed by atoms with Crippen molar-refractivity contribution in [2.75, 3.05) is 19.6 Å². The Labute approximate surface area is 116 Å². The van der Waals surface area contributed by atoms with Gasteiger partial charge in [-0.3, -0.25) is 4.79 Å². The topological polar surface area (TPSA) is 62.6 Å². The highest BCUT2D eigenvalue weighted by Gasteiger charge is 2.24. The number of benzene rings is 1. The predicted octanol–water partition coefficient (Wildman–Crippen LogP) is 1.23. The Morgan fingerprint density at radius 1 is 1.40 bits per heavy atom. The summed E-state index contributed by atoms with van der Waals surface area (Å²) in [5.41, 5.74) is 0.0421. The molecular formula is C15H16N2O3. The number of carbonyl (C=O) groups is 1. The number of carbonyl (C=O) groups excluding carboxylic acids is 1. The Balaban J connectivity index is 1.98. The van der Waals surface area contributed by atoms with Crippen molar-refractivity contribution in [2.45, 2.75) is 13.0 Å². The molecule has 5 heteroatoms. The molecule has 3 rings (SSSR count). The molecule has 1 atom stereocenters. The van der Waals surface area contributed by atoms with Crippen LogP contribution in [-0.2, 0) is 0 Å². The van der Waals surface area contributed by atoms with Crippen LogP contribution in [0.1, 0.15) is 17.3 Å². The number of nitrogens with zero attached hydrogens (tertiary/aromatic N) is 1. The molecule has 2 aromatic rings. The first-order valence-corrected chi connectivity index (χ1v) is 6.71. The van der Waals surface area contributed by atoms with Gasteiger partial charge in [0.15, 0.2) is 0 Å². The van der Waals surface area contributed by atoms with E-state index in [-0.39, 0.29) is 17.5 Å². The third-order valence-corrected chi connectivity index (χ3v) is 3.53. The number of hydrogen-bond acceptors (Lipinski definition) is 4. The molecule has 0 bridgehead atoms. The van der Waals surface area contributed by atoms with Crippen molar-refractivity contribution in [3.8, 4) is 0 Å². The van der Waals surface area contributed by atoms with Gasteiger partial charge in [-0.1, -0.05) is 18.2 Å². The van der Waals surface area contributed by atoms with E-state index < -0.39 is 5.63 Å². The molecule has 0 saturated carbocycles. The Bertz CT molecular complexity index is 708. The van der Waals surface area contributed by atoms with Crippen LogP contribution in [0.15, 0.2) is 39.5 Å². The van der Waals surface area contributed by atoms with Crippen LogP contribution in [0.2, 0.25) is 0 Å². The number of para-hydroxylation sites is 1. The van der Waals surface area contributed by atoms with Crippen molar-refractivity contribution in [1.82, 2.24) is 10.2 Å². The molecule has 1 aliphatic heterocycles. The molecule has 0 radical (unpaired) electrons. The van der Waals surface area contributed by atoms with Crippen LogP contribution in [0, 0.1) is 0 Å². The fourth-order valence-electron chi connectivity index (χ4n) is 2.50. The highest BCUT2D eigenvalue weighted by molar-refractivity contribution is 5.96. The van der Waals surface area contributed by atoms with E-state index in [0.29, 0.717) is 18.7 Å².